The average molecular weight is 413 g/mol. The molecule has 1 aromatic heterocycles. The minimum atomic E-state index is -5.61. The van der Waals surface area contributed by atoms with Crippen LogP contribution in [0.3, 0.4) is 0 Å². The van der Waals surface area contributed by atoms with Crippen molar-refractivity contribution in [3.05, 3.63) is 52.0 Å². The number of rotatable bonds is 4. The maximum absolute atomic E-state index is 13.8. The lowest BCUT2D eigenvalue weighted by atomic mass is 10.1. The minimum absolute atomic E-state index is 0.105. The van der Waals surface area contributed by atoms with Crippen LogP contribution in [-0.2, 0) is 17.3 Å². The highest BCUT2D eigenvalue weighted by Gasteiger charge is 2.51. The molecule has 10 heteroatoms. The first-order chi connectivity index (χ1) is 10.1. The van der Waals surface area contributed by atoms with E-state index in [1.54, 1.807) is 24.0 Å². The second-order valence-electron chi connectivity index (χ2n) is 4.62. The van der Waals surface area contributed by atoms with Gasteiger partial charge < -0.3 is 14.4 Å². The predicted octanol–water partition coefficient (Wildman–Crippen LogP) is 3.43. The van der Waals surface area contributed by atoms with E-state index < -0.39 is 24.1 Å². The Morgan fingerprint density at radius 2 is 2.09 bits per heavy atom. The predicted molar refractivity (Wildman–Crippen MR) is 84.1 cm³/mol. The van der Waals surface area contributed by atoms with E-state index in [9.17, 15) is 13.3 Å². The lowest BCUT2D eigenvalue weighted by Gasteiger charge is -2.20. The number of thiol groups is 1. The summed E-state index contributed by atoms with van der Waals surface area (Å²) in [5.41, 5.74) is -4.47. The molecule has 22 heavy (non-hydrogen) atoms. The fourth-order valence-electron chi connectivity index (χ4n) is 1.89. The van der Waals surface area contributed by atoms with Crippen molar-refractivity contribution >= 4 is 36.2 Å². The summed E-state index contributed by atoms with van der Waals surface area (Å²) < 4.78 is 40.1. The van der Waals surface area contributed by atoms with E-state index in [1.165, 1.54) is 12.1 Å². The Kier molecular flexibility index (Phi) is 4.85. The molecule has 120 valence electrons. The Bertz CT molecular complexity index is 750. The van der Waals surface area contributed by atoms with Gasteiger partial charge in [0.05, 0.1) is 5.25 Å². The van der Waals surface area contributed by atoms with Crippen LogP contribution in [-0.4, -0.2) is 19.3 Å². The fourth-order valence-corrected chi connectivity index (χ4v) is 3.61. The van der Waals surface area contributed by atoms with Crippen LogP contribution in [0.15, 0.2) is 35.1 Å². The Hall–Kier alpha value is -0.730. The van der Waals surface area contributed by atoms with E-state index in [4.69, 9.17) is 9.79 Å². The fraction of sp³-hybridized carbons (Fsp3) is 0.250. The van der Waals surface area contributed by atoms with Gasteiger partial charge in [0.25, 0.3) is 0 Å². The summed E-state index contributed by atoms with van der Waals surface area (Å²) in [6.07, 6.45) is 3.31. The zero-order valence-electron chi connectivity index (χ0n) is 11.2. The van der Waals surface area contributed by atoms with Crippen LogP contribution in [0, 0.1) is 0 Å². The smallest absolute Gasteiger partial charge is 0.337 e. The van der Waals surface area contributed by atoms with Crippen molar-refractivity contribution < 1.29 is 23.1 Å². The molecule has 0 radical (unpaired) electrons. The zero-order valence-corrected chi connectivity index (χ0v) is 14.6. The summed E-state index contributed by atoms with van der Waals surface area (Å²) in [5, 5.41) is -0.464. The van der Waals surface area contributed by atoms with Crippen LogP contribution < -0.4 is 0 Å². The third kappa shape index (κ3) is 3.14. The Balaban J connectivity index is 2.43. The average Bonchev–Trinajstić information content (AvgIpc) is 2.82. The first-order valence-corrected chi connectivity index (χ1v) is 8.86. The second kappa shape index (κ2) is 6.05. The zero-order chi connectivity index (χ0) is 16.7. The molecule has 0 fully saturated rings. The van der Waals surface area contributed by atoms with Gasteiger partial charge in [-0.05, 0) is 11.6 Å². The maximum Gasteiger partial charge on any atom is 0.399 e. The van der Waals surface area contributed by atoms with Crippen molar-refractivity contribution in [2.75, 3.05) is 0 Å². The van der Waals surface area contributed by atoms with Gasteiger partial charge in [-0.3, -0.25) is 4.57 Å². The molecular weight excluding hydrogens is 401 g/mol. The highest BCUT2D eigenvalue weighted by atomic mass is 79.9. The number of alkyl halides is 2. The van der Waals surface area contributed by atoms with E-state index in [0.29, 0.717) is 11.4 Å². The van der Waals surface area contributed by atoms with Gasteiger partial charge in [-0.25, -0.2) is 4.98 Å². The highest BCUT2D eigenvalue weighted by molar-refractivity contribution is 9.10. The van der Waals surface area contributed by atoms with Crippen LogP contribution >= 0.6 is 36.2 Å². The third-order valence-electron chi connectivity index (χ3n) is 3.10. The van der Waals surface area contributed by atoms with Crippen LogP contribution in [0.4, 0.5) is 8.78 Å². The molecule has 0 aliphatic carbocycles. The lowest BCUT2D eigenvalue weighted by molar-refractivity contribution is 0.0557. The van der Waals surface area contributed by atoms with Crippen LogP contribution in [0.5, 0.6) is 0 Å². The molecular formula is C12H12BrF2N2O3PS. The number of nitrogens with zero attached hydrogens (tertiary/aromatic N) is 2. The summed E-state index contributed by atoms with van der Waals surface area (Å²) in [6, 6.07) is 3.67. The molecule has 1 atom stereocenters. The number of imidazole rings is 1. The maximum atomic E-state index is 13.8. The van der Waals surface area contributed by atoms with Gasteiger partial charge in [-0.1, -0.05) is 28.1 Å². The van der Waals surface area contributed by atoms with Gasteiger partial charge in [0.1, 0.15) is 5.82 Å². The number of aryl methyl sites for hydroxylation is 1. The van der Waals surface area contributed by atoms with Crippen molar-refractivity contribution in [3.8, 4) is 0 Å². The molecule has 0 aliphatic heterocycles. The monoisotopic (exact) mass is 412 g/mol. The summed E-state index contributed by atoms with van der Waals surface area (Å²) >= 11 is 7.35. The number of benzene rings is 1. The summed E-state index contributed by atoms with van der Waals surface area (Å²) in [4.78, 5) is 21.7. The minimum Gasteiger partial charge on any atom is -0.337 e. The molecule has 0 amide bonds. The molecule has 2 rings (SSSR count). The highest BCUT2D eigenvalue weighted by Crippen LogP contribution is 2.60. The molecule has 0 spiro atoms. The van der Waals surface area contributed by atoms with E-state index >= 15 is 0 Å². The van der Waals surface area contributed by atoms with Crippen LogP contribution in [0.1, 0.15) is 22.2 Å². The summed E-state index contributed by atoms with van der Waals surface area (Å²) in [6.45, 7) is 0. The van der Waals surface area contributed by atoms with Gasteiger partial charge in [0, 0.05) is 29.5 Å². The molecule has 0 saturated carbocycles. The van der Waals surface area contributed by atoms with Crippen molar-refractivity contribution in [1.82, 2.24) is 9.55 Å². The van der Waals surface area contributed by atoms with Crippen LogP contribution in [0.25, 0.3) is 0 Å². The van der Waals surface area contributed by atoms with Gasteiger partial charge in [-0.2, -0.15) is 21.4 Å². The lowest BCUT2D eigenvalue weighted by Crippen LogP contribution is -2.15. The van der Waals surface area contributed by atoms with E-state index in [1.807, 2.05) is 0 Å². The van der Waals surface area contributed by atoms with Gasteiger partial charge in [0.15, 0.2) is 0 Å². The van der Waals surface area contributed by atoms with E-state index in [-0.39, 0.29) is 4.47 Å². The summed E-state index contributed by atoms with van der Waals surface area (Å²) in [5.74, 6) is 0.615. The third-order valence-corrected chi connectivity index (χ3v) is 5.26. The molecule has 5 nitrogen and oxygen atoms in total. The quantitative estimate of drug-likeness (QED) is 0.531. The molecule has 1 heterocycles. The molecule has 0 bridgehead atoms. The van der Waals surface area contributed by atoms with Crippen molar-refractivity contribution in [3.63, 3.8) is 0 Å². The molecule has 2 aromatic rings. The standard InChI is InChI=1S/C12H12BrF2N2O3PS/c1-17-5-4-16-11(17)10(22)7-2-3-8(9(13)6-7)12(14,15)21(18,19)20/h2-6,10,22H,1H3,(H2,18,19,20). The van der Waals surface area contributed by atoms with Gasteiger partial charge in [-0.15, -0.1) is 0 Å². The topological polar surface area (TPSA) is 75.4 Å². The van der Waals surface area contributed by atoms with Crippen LogP contribution in [0.2, 0.25) is 0 Å². The Labute approximate surface area is 139 Å². The molecule has 2 N–H and O–H groups in total. The SMILES string of the molecule is Cn1ccnc1C(S)c1ccc(C(F)(F)P(=O)(O)O)c(Br)c1. The molecule has 0 aliphatic rings. The number of halogens is 3. The Morgan fingerprint density at radius 1 is 1.45 bits per heavy atom. The Morgan fingerprint density at radius 3 is 2.55 bits per heavy atom. The molecule has 0 saturated heterocycles. The summed E-state index contributed by atoms with van der Waals surface area (Å²) in [7, 11) is -3.84. The van der Waals surface area contributed by atoms with Crippen molar-refractivity contribution in [2.45, 2.75) is 10.9 Å². The van der Waals surface area contributed by atoms with E-state index in [0.717, 1.165) is 6.07 Å². The van der Waals surface area contributed by atoms with Crippen molar-refractivity contribution in [2.24, 2.45) is 7.05 Å². The number of aromatic nitrogens is 2. The van der Waals surface area contributed by atoms with Crippen molar-refractivity contribution in [1.29, 1.82) is 0 Å². The van der Waals surface area contributed by atoms with Gasteiger partial charge >= 0.3 is 13.3 Å². The molecule has 1 unspecified atom stereocenters. The first-order valence-electron chi connectivity index (χ1n) is 5.94. The number of hydrogen-bond donors (Lipinski definition) is 3. The van der Waals surface area contributed by atoms with Gasteiger partial charge in [0.2, 0.25) is 0 Å². The molecule has 1 aromatic carbocycles. The van der Waals surface area contributed by atoms with E-state index in [2.05, 4.69) is 33.5 Å². The second-order valence-corrected chi connectivity index (χ2v) is 7.64. The number of hydrogen-bond acceptors (Lipinski definition) is 3. The largest absolute Gasteiger partial charge is 0.399 e. The normalized spacial score (nSPS) is 14.1. The first kappa shape index (κ1) is 17.6.